The number of aryl methyl sites for hydroxylation is 2. The third-order valence-corrected chi connectivity index (χ3v) is 7.61. The monoisotopic (exact) mass is 514 g/mol. The number of hydrogen-bond acceptors (Lipinski definition) is 6. The van der Waals surface area contributed by atoms with Crippen molar-refractivity contribution in [3.63, 3.8) is 0 Å². The third kappa shape index (κ3) is 5.31. The average molecular weight is 515 g/mol. The first-order valence-electron chi connectivity index (χ1n) is 11.8. The SMILES string of the molecule is Cc1cccc(C)c1-c1cc2nc(n1)NS(=O)(=O)c1cccc(c1)C(=O)NCC(c1ccccc1)CO2. The molecule has 0 radical (unpaired) electrons. The maximum atomic E-state index is 13.2. The molecule has 4 bridgehead atoms. The van der Waals surface area contributed by atoms with E-state index in [9.17, 15) is 13.2 Å². The second-order valence-corrected chi connectivity index (χ2v) is 10.6. The van der Waals surface area contributed by atoms with Crippen molar-refractivity contribution in [3.8, 4) is 17.1 Å². The second-order valence-electron chi connectivity index (χ2n) is 8.94. The van der Waals surface area contributed by atoms with Crippen molar-refractivity contribution < 1.29 is 17.9 Å². The lowest BCUT2D eigenvalue weighted by Gasteiger charge is -2.20. The van der Waals surface area contributed by atoms with Crippen LogP contribution in [0.4, 0.5) is 5.95 Å². The molecule has 1 aromatic heterocycles. The predicted molar refractivity (Wildman–Crippen MR) is 141 cm³/mol. The maximum absolute atomic E-state index is 13.2. The van der Waals surface area contributed by atoms with Crippen LogP contribution in [0.2, 0.25) is 0 Å². The van der Waals surface area contributed by atoms with Gasteiger partial charge in [0.25, 0.3) is 15.9 Å². The van der Waals surface area contributed by atoms with E-state index >= 15 is 0 Å². The van der Waals surface area contributed by atoms with Gasteiger partial charge in [0.1, 0.15) is 0 Å². The van der Waals surface area contributed by atoms with Gasteiger partial charge in [-0.05, 0) is 48.7 Å². The summed E-state index contributed by atoms with van der Waals surface area (Å²) in [5.41, 5.74) is 4.64. The third-order valence-electron chi connectivity index (χ3n) is 6.28. The number of carbonyl (C=O) groups excluding carboxylic acids is 1. The molecule has 0 spiro atoms. The molecule has 8 nitrogen and oxygen atoms in total. The molecule has 3 aromatic carbocycles. The van der Waals surface area contributed by atoms with E-state index in [1.165, 1.54) is 18.2 Å². The standard InChI is InChI=1S/C28H26N4O4S/c1-18-8-6-9-19(2)26(18)24-15-25-31-28(30-24)32-37(34,35)23-13-7-12-21(14-23)27(33)29-16-22(17-36-25)20-10-4-3-5-11-20/h3-15,22H,16-17H2,1-2H3,(H,29,33)(H,30,31,32). The number of aromatic nitrogens is 2. The number of hydrogen-bond donors (Lipinski definition) is 2. The van der Waals surface area contributed by atoms with Crippen LogP contribution in [0, 0.1) is 13.8 Å². The Hall–Kier alpha value is -4.24. The Labute approximate surface area is 215 Å². The van der Waals surface area contributed by atoms with Gasteiger partial charge < -0.3 is 10.1 Å². The van der Waals surface area contributed by atoms with Gasteiger partial charge >= 0.3 is 0 Å². The molecule has 1 unspecified atom stereocenters. The number of ether oxygens (including phenoxy) is 1. The first-order valence-corrected chi connectivity index (χ1v) is 13.3. The van der Waals surface area contributed by atoms with Gasteiger partial charge in [-0.15, -0.1) is 0 Å². The predicted octanol–water partition coefficient (Wildman–Crippen LogP) is 4.47. The van der Waals surface area contributed by atoms with Crippen LogP contribution in [0.3, 0.4) is 0 Å². The number of anilines is 1. The van der Waals surface area contributed by atoms with Crippen LogP contribution >= 0.6 is 0 Å². The zero-order chi connectivity index (χ0) is 26.0. The van der Waals surface area contributed by atoms with E-state index in [4.69, 9.17) is 4.74 Å². The molecule has 0 fully saturated rings. The number of fused-ring (bicyclic) bond motifs is 4. The van der Waals surface area contributed by atoms with Crippen molar-refractivity contribution in [2.24, 2.45) is 0 Å². The summed E-state index contributed by atoms with van der Waals surface area (Å²) in [7, 11) is -4.07. The van der Waals surface area contributed by atoms with Gasteiger partial charge in [-0.2, -0.15) is 4.98 Å². The normalized spacial score (nSPS) is 17.0. The fraction of sp³-hybridized carbons (Fsp3) is 0.179. The molecule has 4 aromatic rings. The number of nitrogens with one attached hydrogen (secondary N) is 2. The summed E-state index contributed by atoms with van der Waals surface area (Å²) in [6, 6.07) is 23.2. The van der Waals surface area contributed by atoms with Gasteiger partial charge in [-0.25, -0.2) is 18.1 Å². The van der Waals surface area contributed by atoms with E-state index in [0.29, 0.717) is 12.2 Å². The number of sulfonamides is 1. The molecule has 0 saturated heterocycles. The Kier molecular flexibility index (Phi) is 6.62. The van der Waals surface area contributed by atoms with E-state index in [0.717, 1.165) is 22.3 Å². The van der Waals surface area contributed by atoms with E-state index in [2.05, 4.69) is 20.0 Å². The molecule has 1 atom stereocenters. The highest BCUT2D eigenvalue weighted by molar-refractivity contribution is 7.92. The molecule has 37 heavy (non-hydrogen) atoms. The van der Waals surface area contributed by atoms with Crippen molar-refractivity contribution in [3.05, 3.63) is 101 Å². The molecular weight excluding hydrogens is 488 g/mol. The number of amides is 1. The van der Waals surface area contributed by atoms with Crippen LogP contribution in [-0.2, 0) is 10.0 Å². The lowest BCUT2D eigenvalue weighted by Crippen LogP contribution is -2.31. The molecule has 2 N–H and O–H groups in total. The molecule has 5 rings (SSSR count). The van der Waals surface area contributed by atoms with Gasteiger partial charge in [0.2, 0.25) is 11.8 Å². The van der Waals surface area contributed by atoms with Crippen molar-refractivity contribution in [1.29, 1.82) is 0 Å². The second kappa shape index (κ2) is 10.0. The highest BCUT2D eigenvalue weighted by atomic mass is 32.2. The molecule has 2 heterocycles. The van der Waals surface area contributed by atoms with Crippen LogP contribution in [0.25, 0.3) is 11.3 Å². The highest BCUT2D eigenvalue weighted by Crippen LogP contribution is 2.30. The minimum Gasteiger partial charge on any atom is -0.477 e. The Morgan fingerprint density at radius 2 is 1.62 bits per heavy atom. The van der Waals surface area contributed by atoms with Gasteiger partial charge in [-0.3, -0.25) is 4.79 Å². The zero-order valence-corrected chi connectivity index (χ0v) is 21.2. The molecular formula is C28H26N4O4S. The van der Waals surface area contributed by atoms with Crippen LogP contribution in [0.1, 0.15) is 33.0 Å². The summed E-state index contributed by atoms with van der Waals surface area (Å²) in [5.74, 6) is -0.432. The van der Waals surface area contributed by atoms with E-state index in [1.807, 2.05) is 62.4 Å². The Morgan fingerprint density at radius 3 is 2.38 bits per heavy atom. The molecule has 0 saturated carbocycles. The average Bonchev–Trinajstić information content (AvgIpc) is 2.88. The first kappa shape index (κ1) is 24.5. The molecule has 1 amide bonds. The van der Waals surface area contributed by atoms with Gasteiger partial charge in [0, 0.05) is 29.7 Å². The van der Waals surface area contributed by atoms with Crippen molar-refractivity contribution in [2.75, 3.05) is 17.9 Å². The molecule has 9 heteroatoms. The molecule has 0 aliphatic carbocycles. The minimum absolute atomic E-state index is 0.0691. The number of rotatable bonds is 2. The van der Waals surface area contributed by atoms with Crippen LogP contribution in [-0.4, -0.2) is 37.4 Å². The largest absolute Gasteiger partial charge is 0.477 e. The van der Waals surface area contributed by atoms with Gasteiger partial charge in [0.15, 0.2) is 0 Å². The molecule has 1 aliphatic rings. The van der Waals surface area contributed by atoms with Crippen molar-refractivity contribution in [2.45, 2.75) is 24.7 Å². The van der Waals surface area contributed by atoms with Crippen LogP contribution in [0.15, 0.2) is 83.8 Å². The zero-order valence-electron chi connectivity index (χ0n) is 20.4. The van der Waals surface area contributed by atoms with E-state index in [1.54, 1.807) is 12.1 Å². The number of carbonyl (C=O) groups is 1. The van der Waals surface area contributed by atoms with Crippen LogP contribution in [0.5, 0.6) is 5.88 Å². The summed E-state index contributed by atoms with van der Waals surface area (Å²) in [5, 5.41) is 2.91. The molecule has 188 valence electrons. The Bertz CT molecular complexity index is 1550. The Balaban J connectivity index is 1.64. The van der Waals surface area contributed by atoms with E-state index in [-0.39, 0.29) is 40.7 Å². The molecule has 1 aliphatic heterocycles. The lowest BCUT2D eigenvalue weighted by atomic mass is 9.99. The minimum atomic E-state index is -4.07. The Morgan fingerprint density at radius 1 is 0.892 bits per heavy atom. The number of benzene rings is 3. The van der Waals surface area contributed by atoms with Crippen molar-refractivity contribution in [1.82, 2.24) is 15.3 Å². The summed E-state index contributed by atoms with van der Waals surface area (Å²) < 4.78 is 35.0. The van der Waals surface area contributed by atoms with Gasteiger partial charge in [-0.1, -0.05) is 54.6 Å². The first-order chi connectivity index (χ1) is 17.8. The fourth-order valence-electron chi connectivity index (χ4n) is 4.38. The summed E-state index contributed by atoms with van der Waals surface area (Å²) >= 11 is 0. The summed E-state index contributed by atoms with van der Waals surface area (Å²) in [6.07, 6.45) is 0. The quantitative estimate of drug-likeness (QED) is 0.409. The van der Waals surface area contributed by atoms with Gasteiger partial charge in [0.05, 0.1) is 17.2 Å². The summed E-state index contributed by atoms with van der Waals surface area (Å²) in [4.78, 5) is 21.7. The van der Waals surface area contributed by atoms with E-state index < -0.39 is 10.0 Å². The summed E-state index contributed by atoms with van der Waals surface area (Å²) in [6.45, 7) is 4.44. The fourth-order valence-corrected chi connectivity index (χ4v) is 5.37. The van der Waals surface area contributed by atoms with Crippen LogP contribution < -0.4 is 14.8 Å². The maximum Gasteiger partial charge on any atom is 0.264 e. The lowest BCUT2D eigenvalue weighted by molar-refractivity contribution is 0.0948. The topological polar surface area (TPSA) is 110 Å². The highest BCUT2D eigenvalue weighted by Gasteiger charge is 2.22. The van der Waals surface area contributed by atoms with Crippen molar-refractivity contribution >= 4 is 21.9 Å². The smallest absolute Gasteiger partial charge is 0.264 e. The number of nitrogens with zero attached hydrogens (tertiary/aromatic N) is 2.